The maximum absolute atomic E-state index is 11.8. The Kier molecular flexibility index (Phi) is 6.29. The van der Waals surface area contributed by atoms with Crippen LogP contribution in [0.15, 0.2) is 0 Å². The van der Waals surface area contributed by atoms with Gasteiger partial charge in [-0.2, -0.15) is 0 Å². The van der Waals surface area contributed by atoms with E-state index in [2.05, 4.69) is 4.74 Å². The number of Topliss-reactive ketones (excluding diaryl/α,β-unsaturated/α-hetero) is 2. The molecule has 0 aliphatic carbocycles. The molecule has 0 aromatic heterocycles. The number of aliphatic hydroxyl groups is 1. The summed E-state index contributed by atoms with van der Waals surface area (Å²) < 4.78 is 9.75. The minimum absolute atomic E-state index is 0.00198. The van der Waals surface area contributed by atoms with Gasteiger partial charge >= 0.3 is 5.97 Å². The lowest BCUT2D eigenvalue weighted by Gasteiger charge is -2.34. The minimum atomic E-state index is -1.46. The molecular formula is C14H22O6. The average molecular weight is 286 g/mol. The molecule has 1 N–H and O–H groups in total. The van der Waals surface area contributed by atoms with Gasteiger partial charge in [0.2, 0.25) is 0 Å². The molecule has 1 aliphatic heterocycles. The van der Waals surface area contributed by atoms with Crippen LogP contribution in [0.4, 0.5) is 0 Å². The second-order valence-electron chi connectivity index (χ2n) is 5.15. The number of hydrogen-bond acceptors (Lipinski definition) is 6. The van der Waals surface area contributed by atoms with Crippen molar-refractivity contribution in [2.24, 2.45) is 5.92 Å². The van der Waals surface area contributed by atoms with Gasteiger partial charge in [0.1, 0.15) is 18.0 Å². The predicted octanol–water partition coefficient (Wildman–Crippen LogP) is 0.993. The lowest BCUT2D eigenvalue weighted by Crippen LogP contribution is -2.44. The zero-order valence-electron chi connectivity index (χ0n) is 12.0. The van der Waals surface area contributed by atoms with Gasteiger partial charge in [-0.3, -0.25) is 14.4 Å². The van der Waals surface area contributed by atoms with Crippen molar-refractivity contribution in [1.82, 2.24) is 0 Å². The van der Waals surface area contributed by atoms with Crippen LogP contribution < -0.4 is 0 Å². The normalized spacial score (nSPS) is 26.4. The molecule has 0 saturated carbocycles. The topological polar surface area (TPSA) is 89.9 Å². The summed E-state index contributed by atoms with van der Waals surface area (Å²) in [6, 6.07) is 0. The summed E-state index contributed by atoms with van der Waals surface area (Å²) in [7, 11) is 1.23. The molecule has 0 bridgehead atoms. The molecule has 1 fully saturated rings. The first-order valence-electron chi connectivity index (χ1n) is 6.87. The van der Waals surface area contributed by atoms with Crippen LogP contribution in [0.2, 0.25) is 0 Å². The Balaban J connectivity index is 2.33. The van der Waals surface area contributed by atoms with Crippen LogP contribution in [-0.4, -0.2) is 42.1 Å². The Morgan fingerprint density at radius 3 is 2.75 bits per heavy atom. The number of hydrogen-bond donors (Lipinski definition) is 1. The van der Waals surface area contributed by atoms with Gasteiger partial charge in [-0.1, -0.05) is 6.92 Å². The van der Waals surface area contributed by atoms with Gasteiger partial charge in [-0.25, -0.2) is 0 Å². The molecule has 1 unspecified atom stereocenters. The van der Waals surface area contributed by atoms with Crippen molar-refractivity contribution in [2.45, 2.75) is 51.2 Å². The first kappa shape index (κ1) is 16.8. The predicted molar refractivity (Wildman–Crippen MR) is 69.8 cm³/mol. The molecule has 0 spiro atoms. The van der Waals surface area contributed by atoms with Crippen LogP contribution in [0.5, 0.6) is 0 Å². The van der Waals surface area contributed by atoms with Gasteiger partial charge in [0.15, 0.2) is 5.79 Å². The Hall–Kier alpha value is -1.27. The Labute approximate surface area is 118 Å². The fourth-order valence-electron chi connectivity index (χ4n) is 2.21. The Morgan fingerprint density at radius 2 is 2.20 bits per heavy atom. The van der Waals surface area contributed by atoms with Crippen molar-refractivity contribution >= 4 is 17.5 Å². The third kappa shape index (κ3) is 5.02. The van der Waals surface area contributed by atoms with Crippen LogP contribution in [0.3, 0.4) is 0 Å². The van der Waals surface area contributed by atoms with Gasteiger partial charge in [0.25, 0.3) is 0 Å². The van der Waals surface area contributed by atoms with E-state index < -0.39 is 11.8 Å². The molecule has 6 nitrogen and oxygen atoms in total. The minimum Gasteiger partial charge on any atom is -0.469 e. The molecular weight excluding hydrogens is 264 g/mol. The Bertz CT molecular complexity index is 378. The molecule has 1 saturated heterocycles. The van der Waals surface area contributed by atoms with Crippen molar-refractivity contribution < 1.29 is 29.0 Å². The standard InChI is InChI=1S/C14H22O6/c1-3-10-9-20-14(18,8-12(10)16)6-4-5-11(15)7-13(17)19-2/h10,18H,3-9H2,1-2H3/t10-,14?/m1/s1. The molecule has 0 radical (unpaired) electrons. The average Bonchev–Trinajstić information content (AvgIpc) is 2.38. The molecule has 0 aromatic carbocycles. The summed E-state index contributed by atoms with van der Waals surface area (Å²) in [4.78, 5) is 34.1. The summed E-state index contributed by atoms with van der Waals surface area (Å²) in [5.74, 6) is -2.41. The summed E-state index contributed by atoms with van der Waals surface area (Å²) in [5.41, 5.74) is 0. The molecule has 2 atom stereocenters. The molecule has 1 heterocycles. The van der Waals surface area contributed by atoms with Crippen molar-refractivity contribution in [1.29, 1.82) is 0 Å². The highest BCUT2D eigenvalue weighted by atomic mass is 16.6. The zero-order valence-corrected chi connectivity index (χ0v) is 12.0. The third-order valence-electron chi connectivity index (χ3n) is 3.54. The maximum atomic E-state index is 11.8. The van der Waals surface area contributed by atoms with Crippen LogP contribution in [-0.2, 0) is 23.9 Å². The number of carbonyl (C=O) groups is 3. The summed E-state index contributed by atoms with van der Waals surface area (Å²) in [5, 5.41) is 10.1. The maximum Gasteiger partial charge on any atom is 0.313 e. The van der Waals surface area contributed by atoms with Gasteiger partial charge in [-0.05, 0) is 12.8 Å². The SMILES string of the molecule is CC[C@@H]1COC(O)(CCCC(=O)CC(=O)OC)CC1=O. The molecule has 0 amide bonds. The van der Waals surface area contributed by atoms with E-state index in [-0.39, 0.29) is 49.8 Å². The van der Waals surface area contributed by atoms with Gasteiger partial charge < -0.3 is 14.6 Å². The number of esters is 1. The van der Waals surface area contributed by atoms with Crippen molar-refractivity contribution in [3.63, 3.8) is 0 Å². The monoisotopic (exact) mass is 286 g/mol. The van der Waals surface area contributed by atoms with Crippen molar-refractivity contribution in [3.05, 3.63) is 0 Å². The first-order chi connectivity index (χ1) is 9.40. The van der Waals surface area contributed by atoms with Crippen LogP contribution in [0.1, 0.15) is 45.4 Å². The molecule has 114 valence electrons. The highest BCUT2D eigenvalue weighted by Crippen LogP contribution is 2.29. The van der Waals surface area contributed by atoms with E-state index in [0.29, 0.717) is 12.8 Å². The highest BCUT2D eigenvalue weighted by Gasteiger charge is 2.38. The van der Waals surface area contributed by atoms with E-state index in [1.807, 2.05) is 6.92 Å². The van der Waals surface area contributed by atoms with Crippen molar-refractivity contribution in [2.75, 3.05) is 13.7 Å². The lowest BCUT2D eigenvalue weighted by atomic mass is 9.90. The quantitative estimate of drug-likeness (QED) is 0.554. The summed E-state index contributed by atoms with van der Waals surface area (Å²) >= 11 is 0. The van der Waals surface area contributed by atoms with E-state index in [9.17, 15) is 19.5 Å². The number of rotatable bonds is 7. The number of ketones is 2. The van der Waals surface area contributed by atoms with E-state index >= 15 is 0 Å². The molecule has 6 heteroatoms. The smallest absolute Gasteiger partial charge is 0.313 e. The number of ether oxygens (including phenoxy) is 2. The first-order valence-corrected chi connectivity index (χ1v) is 6.87. The van der Waals surface area contributed by atoms with Crippen LogP contribution >= 0.6 is 0 Å². The fourth-order valence-corrected chi connectivity index (χ4v) is 2.21. The van der Waals surface area contributed by atoms with E-state index in [1.54, 1.807) is 0 Å². The third-order valence-corrected chi connectivity index (χ3v) is 3.54. The highest BCUT2D eigenvalue weighted by molar-refractivity contribution is 5.95. The molecule has 1 rings (SSSR count). The molecule has 0 aromatic rings. The number of methoxy groups -OCH3 is 1. The second kappa shape index (κ2) is 7.50. The van der Waals surface area contributed by atoms with Crippen LogP contribution in [0, 0.1) is 5.92 Å². The molecule has 20 heavy (non-hydrogen) atoms. The van der Waals surface area contributed by atoms with Gasteiger partial charge in [-0.15, -0.1) is 0 Å². The van der Waals surface area contributed by atoms with Gasteiger partial charge in [0, 0.05) is 18.8 Å². The lowest BCUT2D eigenvalue weighted by molar-refractivity contribution is -0.232. The summed E-state index contributed by atoms with van der Waals surface area (Å²) in [6.45, 7) is 2.13. The largest absolute Gasteiger partial charge is 0.469 e. The second-order valence-corrected chi connectivity index (χ2v) is 5.15. The van der Waals surface area contributed by atoms with Crippen molar-refractivity contribution in [3.8, 4) is 0 Å². The fraction of sp³-hybridized carbons (Fsp3) is 0.786. The van der Waals surface area contributed by atoms with E-state index in [4.69, 9.17) is 4.74 Å². The Morgan fingerprint density at radius 1 is 1.50 bits per heavy atom. The zero-order chi connectivity index (χ0) is 15.2. The van der Waals surface area contributed by atoms with Gasteiger partial charge in [0.05, 0.1) is 20.1 Å². The van der Waals surface area contributed by atoms with Crippen LogP contribution in [0.25, 0.3) is 0 Å². The van der Waals surface area contributed by atoms with E-state index in [0.717, 1.165) is 0 Å². The van der Waals surface area contributed by atoms with E-state index in [1.165, 1.54) is 7.11 Å². The number of carbonyl (C=O) groups excluding carboxylic acids is 3. The summed E-state index contributed by atoms with van der Waals surface area (Å²) in [6.07, 6.45) is 1.15. The molecule has 1 aliphatic rings.